The summed E-state index contributed by atoms with van der Waals surface area (Å²) in [7, 11) is -3.67. The van der Waals surface area contributed by atoms with Crippen molar-refractivity contribution in [3.63, 3.8) is 0 Å². The molecule has 2 rings (SSSR count). The van der Waals surface area contributed by atoms with Crippen LogP contribution in [0, 0.1) is 0 Å². The van der Waals surface area contributed by atoms with Gasteiger partial charge in [0.05, 0.1) is 4.90 Å². The van der Waals surface area contributed by atoms with Crippen molar-refractivity contribution in [2.45, 2.75) is 11.4 Å². The maximum Gasteiger partial charge on any atom is 0.238 e. The molecule has 17 heavy (non-hydrogen) atoms. The van der Waals surface area contributed by atoms with E-state index >= 15 is 0 Å². The van der Waals surface area contributed by atoms with Gasteiger partial charge in [-0.1, -0.05) is 12.1 Å². The molecular formula is C11H15N3O2S. The second-order valence-corrected chi connectivity index (χ2v) is 5.48. The Morgan fingerprint density at radius 3 is 2.76 bits per heavy atom. The van der Waals surface area contributed by atoms with E-state index in [2.05, 4.69) is 0 Å². The lowest BCUT2D eigenvalue weighted by atomic mass is 10.0. The van der Waals surface area contributed by atoms with Crippen LogP contribution in [0.15, 0.2) is 29.3 Å². The molecule has 0 radical (unpaired) electrons. The first-order valence-electron chi connectivity index (χ1n) is 5.29. The molecule has 0 amide bonds. The molecule has 1 aliphatic rings. The topological polar surface area (TPSA) is 89.4 Å². The van der Waals surface area contributed by atoms with Crippen LogP contribution in [-0.4, -0.2) is 26.4 Å². The van der Waals surface area contributed by atoms with Crippen LogP contribution in [0.3, 0.4) is 0 Å². The normalized spacial score (nSPS) is 14.8. The molecule has 6 heteroatoms. The van der Waals surface area contributed by atoms with Crippen molar-refractivity contribution in [1.29, 1.82) is 0 Å². The highest BCUT2D eigenvalue weighted by Gasteiger charge is 2.18. The second kappa shape index (κ2) is 4.48. The number of nitrogens with zero attached hydrogens (tertiary/aromatic N) is 1. The lowest BCUT2D eigenvalue weighted by Gasteiger charge is -2.25. The summed E-state index contributed by atoms with van der Waals surface area (Å²) >= 11 is 0. The Labute approximate surface area is 101 Å². The monoisotopic (exact) mass is 253 g/mol. The number of hydrogen-bond acceptors (Lipinski definition) is 4. The van der Waals surface area contributed by atoms with Crippen LogP contribution >= 0.6 is 0 Å². The molecule has 0 bridgehead atoms. The standard InChI is InChI=1S/C11H15N3O2S/c12-5-7-14-6-4-10-9(8-14)2-1-3-11(10)17(13,15)16/h1-4,6H,5,7-8,12H2,(H2,13,15,16). The highest BCUT2D eigenvalue weighted by Crippen LogP contribution is 2.25. The molecule has 0 saturated heterocycles. The Morgan fingerprint density at radius 2 is 2.12 bits per heavy atom. The van der Waals surface area contributed by atoms with Crippen molar-refractivity contribution >= 4 is 16.1 Å². The zero-order valence-corrected chi connectivity index (χ0v) is 10.2. The van der Waals surface area contributed by atoms with Crippen LogP contribution in [0.1, 0.15) is 11.1 Å². The van der Waals surface area contributed by atoms with Gasteiger partial charge in [0.15, 0.2) is 0 Å². The van der Waals surface area contributed by atoms with Crippen molar-refractivity contribution in [2.75, 3.05) is 13.1 Å². The summed E-state index contributed by atoms with van der Waals surface area (Å²) in [6, 6.07) is 5.13. The van der Waals surface area contributed by atoms with Gasteiger partial charge in [-0.05, 0) is 17.7 Å². The van der Waals surface area contributed by atoms with E-state index in [1.807, 2.05) is 17.2 Å². The first kappa shape index (κ1) is 12.1. The van der Waals surface area contributed by atoms with Crippen LogP contribution < -0.4 is 10.9 Å². The Kier molecular flexibility index (Phi) is 3.19. The Bertz CT molecular complexity index is 552. The minimum absolute atomic E-state index is 0.179. The van der Waals surface area contributed by atoms with Gasteiger partial charge in [0.1, 0.15) is 0 Å². The second-order valence-electron chi connectivity index (χ2n) is 3.95. The fourth-order valence-corrected chi connectivity index (χ4v) is 2.71. The van der Waals surface area contributed by atoms with Gasteiger partial charge >= 0.3 is 0 Å². The molecule has 4 N–H and O–H groups in total. The van der Waals surface area contributed by atoms with E-state index < -0.39 is 10.0 Å². The zero-order chi connectivity index (χ0) is 12.5. The van der Waals surface area contributed by atoms with E-state index in [0.717, 1.165) is 12.1 Å². The third kappa shape index (κ3) is 2.49. The summed E-state index contributed by atoms with van der Waals surface area (Å²) in [6.45, 7) is 1.97. The maximum absolute atomic E-state index is 11.4. The van der Waals surface area contributed by atoms with Gasteiger partial charge in [-0.25, -0.2) is 13.6 Å². The molecular weight excluding hydrogens is 238 g/mol. The van der Waals surface area contributed by atoms with Gasteiger partial charge in [-0.2, -0.15) is 0 Å². The third-order valence-electron chi connectivity index (χ3n) is 2.70. The summed E-state index contributed by atoms with van der Waals surface area (Å²) in [5, 5.41) is 5.18. The molecule has 1 heterocycles. The van der Waals surface area contributed by atoms with Crippen LogP contribution in [0.4, 0.5) is 0 Å². The molecule has 92 valence electrons. The average molecular weight is 253 g/mol. The highest BCUT2D eigenvalue weighted by atomic mass is 32.2. The van der Waals surface area contributed by atoms with Crippen LogP contribution in [-0.2, 0) is 16.6 Å². The molecule has 0 aromatic heterocycles. The number of nitrogens with two attached hydrogens (primary N) is 2. The van der Waals surface area contributed by atoms with Gasteiger partial charge in [0.2, 0.25) is 10.0 Å². The van der Waals surface area contributed by atoms with Gasteiger partial charge in [-0.3, -0.25) is 0 Å². The first-order valence-corrected chi connectivity index (χ1v) is 6.84. The Balaban J connectivity index is 2.44. The lowest BCUT2D eigenvalue weighted by molar-refractivity contribution is 0.376. The average Bonchev–Trinajstić information content (AvgIpc) is 2.27. The van der Waals surface area contributed by atoms with Crippen molar-refractivity contribution in [3.05, 3.63) is 35.5 Å². The van der Waals surface area contributed by atoms with Gasteiger partial charge < -0.3 is 10.6 Å². The predicted molar refractivity (Wildman–Crippen MR) is 66.3 cm³/mol. The molecule has 0 aliphatic carbocycles. The molecule has 0 fully saturated rings. The molecule has 5 nitrogen and oxygen atoms in total. The number of primary sulfonamides is 1. The summed E-state index contributed by atoms with van der Waals surface area (Å²) < 4.78 is 22.8. The summed E-state index contributed by atoms with van der Waals surface area (Å²) in [6.07, 6.45) is 3.62. The molecule has 0 spiro atoms. The molecule has 0 atom stereocenters. The smallest absolute Gasteiger partial charge is 0.238 e. The summed E-state index contributed by atoms with van der Waals surface area (Å²) in [5.74, 6) is 0. The largest absolute Gasteiger partial charge is 0.372 e. The minimum atomic E-state index is -3.67. The first-order chi connectivity index (χ1) is 8.02. The molecule has 0 saturated carbocycles. The SMILES string of the molecule is NCCN1C=Cc2c(cccc2S(N)(=O)=O)C1. The van der Waals surface area contributed by atoms with E-state index in [1.54, 1.807) is 12.1 Å². The highest BCUT2D eigenvalue weighted by molar-refractivity contribution is 7.89. The number of fused-ring (bicyclic) bond motifs is 1. The van der Waals surface area contributed by atoms with E-state index in [4.69, 9.17) is 10.9 Å². The van der Waals surface area contributed by atoms with Crippen molar-refractivity contribution < 1.29 is 8.42 Å². The number of hydrogen-bond donors (Lipinski definition) is 2. The Morgan fingerprint density at radius 1 is 1.35 bits per heavy atom. The van der Waals surface area contributed by atoms with E-state index in [0.29, 0.717) is 18.7 Å². The van der Waals surface area contributed by atoms with Gasteiger partial charge in [0.25, 0.3) is 0 Å². The quantitative estimate of drug-likeness (QED) is 0.798. The van der Waals surface area contributed by atoms with Crippen LogP contribution in [0.25, 0.3) is 6.08 Å². The van der Waals surface area contributed by atoms with Crippen molar-refractivity contribution in [3.8, 4) is 0 Å². The third-order valence-corrected chi connectivity index (χ3v) is 3.67. The molecule has 0 unspecified atom stereocenters. The fraction of sp³-hybridized carbons (Fsp3) is 0.273. The summed E-state index contributed by atoms with van der Waals surface area (Å²) in [5.41, 5.74) is 7.12. The number of sulfonamides is 1. The lowest BCUT2D eigenvalue weighted by Crippen LogP contribution is -2.27. The van der Waals surface area contributed by atoms with Gasteiger partial charge in [0, 0.05) is 31.4 Å². The van der Waals surface area contributed by atoms with E-state index in [1.165, 1.54) is 6.07 Å². The Hall–Kier alpha value is -1.37. The molecule has 1 aromatic rings. The molecule has 1 aliphatic heterocycles. The fourth-order valence-electron chi connectivity index (χ4n) is 1.94. The maximum atomic E-state index is 11.4. The number of rotatable bonds is 3. The van der Waals surface area contributed by atoms with Crippen LogP contribution in [0.2, 0.25) is 0 Å². The van der Waals surface area contributed by atoms with Crippen molar-refractivity contribution in [1.82, 2.24) is 4.90 Å². The van der Waals surface area contributed by atoms with Crippen LogP contribution in [0.5, 0.6) is 0 Å². The van der Waals surface area contributed by atoms with Crippen molar-refractivity contribution in [2.24, 2.45) is 10.9 Å². The summed E-state index contributed by atoms with van der Waals surface area (Å²) in [4.78, 5) is 2.22. The van der Waals surface area contributed by atoms with E-state index in [9.17, 15) is 8.42 Å². The number of benzene rings is 1. The predicted octanol–water partition coefficient (Wildman–Crippen LogP) is 0.0790. The van der Waals surface area contributed by atoms with E-state index in [-0.39, 0.29) is 4.90 Å². The zero-order valence-electron chi connectivity index (χ0n) is 9.33. The van der Waals surface area contributed by atoms with Gasteiger partial charge in [-0.15, -0.1) is 0 Å². The minimum Gasteiger partial charge on any atom is -0.372 e. The molecule has 1 aromatic carbocycles.